The van der Waals surface area contributed by atoms with E-state index in [1.165, 1.54) is 34.9 Å². The van der Waals surface area contributed by atoms with E-state index in [1.807, 2.05) is 0 Å². The number of imide groups is 1. The third kappa shape index (κ3) is 7.30. The fourth-order valence-electron chi connectivity index (χ4n) is 4.30. The number of hydrogen-bond donors (Lipinski definition) is 2. The van der Waals surface area contributed by atoms with Crippen LogP contribution in [0.3, 0.4) is 0 Å². The minimum atomic E-state index is -0.685. The van der Waals surface area contributed by atoms with Crippen LogP contribution in [0.5, 0.6) is 0 Å². The van der Waals surface area contributed by atoms with Crippen molar-refractivity contribution in [2.24, 2.45) is 0 Å². The van der Waals surface area contributed by atoms with E-state index >= 15 is 0 Å². The number of benzene rings is 4. The minimum Gasteiger partial charge on any atom is -0.321 e. The first kappa shape index (κ1) is 30.4. The molecule has 4 aromatic carbocycles. The van der Waals surface area contributed by atoms with Crippen molar-refractivity contribution in [3.8, 4) is 0 Å². The van der Waals surface area contributed by atoms with Gasteiger partial charge in [-0.3, -0.25) is 19.2 Å². The number of halogens is 3. The molecule has 5 rings (SSSR count). The van der Waals surface area contributed by atoms with Crippen LogP contribution in [-0.4, -0.2) is 28.9 Å². The van der Waals surface area contributed by atoms with Crippen LogP contribution < -0.4 is 15.5 Å². The second-order valence-corrected chi connectivity index (χ2v) is 12.4. The normalized spacial score (nSPS) is 15.0. The van der Waals surface area contributed by atoms with Crippen LogP contribution in [0.2, 0.25) is 0 Å². The van der Waals surface area contributed by atoms with Gasteiger partial charge >= 0.3 is 0 Å². The van der Waals surface area contributed by atoms with Crippen LogP contribution in [-0.2, 0) is 14.4 Å². The lowest BCUT2D eigenvalue weighted by molar-refractivity contribution is -0.121. The SMILES string of the molecule is O=C(Nc1cccc(SC2CC(=O)N(c3ccc(Br)cc3)C2=O)c1)C(=Cc1c(F)cccc1Br)NC(=O)c1ccccc1. The molecule has 1 fully saturated rings. The molecule has 4 amide bonds. The van der Waals surface area contributed by atoms with Gasteiger partial charge in [-0.2, -0.15) is 0 Å². The Morgan fingerprint density at radius 3 is 2.35 bits per heavy atom. The number of nitrogens with one attached hydrogen (secondary N) is 2. The minimum absolute atomic E-state index is 0.0338. The Morgan fingerprint density at radius 2 is 1.63 bits per heavy atom. The maximum Gasteiger partial charge on any atom is 0.272 e. The molecule has 4 aromatic rings. The fraction of sp³-hybridized carbons (Fsp3) is 0.0625. The zero-order valence-electron chi connectivity index (χ0n) is 22.2. The molecule has 1 unspecified atom stereocenters. The molecule has 7 nitrogen and oxygen atoms in total. The second kappa shape index (κ2) is 13.5. The van der Waals surface area contributed by atoms with Crippen LogP contribution in [0.15, 0.2) is 117 Å². The van der Waals surface area contributed by atoms with Crippen LogP contribution in [0.4, 0.5) is 15.8 Å². The molecule has 11 heteroatoms. The number of hydrogen-bond acceptors (Lipinski definition) is 5. The van der Waals surface area contributed by atoms with Gasteiger partial charge in [0.15, 0.2) is 0 Å². The van der Waals surface area contributed by atoms with E-state index in [2.05, 4.69) is 42.5 Å². The fourth-order valence-corrected chi connectivity index (χ4v) is 6.14. The highest BCUT2D eigenvalue weighted by atomic mass is 79.9. The van der Waals surface area contributed by atoms with E-state index in [1.54, 1.807) is 84.9 Å². The zero-order valence-corrected chi connectivity index (χ0v) is 26.2. The monoisotopic (exact) mass is 721 g/mol. The first-order valence-electron chi connectivity index (χ1n) is 12.9. The van der Waals surface area contributed by atoms with Gasteiger partial charge in [0, 0.05) is 37.1 Å². The van der Waals surface area contributed by atoms with Crippen molar-refractivity contribution in [2.45, 2.75) is 16.6 Å². The summed E-state index contributed by atoms with van der Waals surface area (Å²) in [4.78, 5) is 54.0. The lowest BCUT2D eigenvalue weighted by Crippen LogP contribution is -2.31. The number of nitrogens with zero attached hydrogens (tertiary/aromatic N) is 1. The molecule has 1 atom stereocenters. The third-order valence-electron chi connectivity index (χ3n) is 6.38. The highest BCUT2D eigenvalue weighted by Gasteiger charge is 2.40. The lowest BCUT2D eigenvalue weighted by Gasteiger charge is -2.15. The molecule has 1 aliphatic heterocycles. The molecule has 0 aromatic heterocycles. The van der Waals surface area contributed by atoms with E-state index in [4.69, 9.17) is 0 Å². The average Bonchev–Trinajstić information content (AvgIpc) is 3.27. The van der Waals surface area contributed by atoms with Crippen LogP contribution in [0, 0.1) is 5.82 Å². The van der Waals surface area contributed by atoms with Crippen LogP contribution in [0.1, 0.15) is 22.3 Å². The first-order chi connectivity index (χ1) is 20.7. The third-order valence-corrected chi connectivity index (χ3v) is 8.78. The van der Waals surface area contributed by atoms with Crippen molar-refractivity contribution in [2.75, 3.05) is 10.2 Å². The molecular formula is C32H22Br2FN3O4S. The van der Waals surface area contributed by atoms with Gasteiger partial charge in [0.05, 0.1) is 10.9 Å². The molecule has 0 spiro atoms. The smallest absolute Gasteiger partial charge is 0.272 e. The molecular weight excluding hydrogens is 701 g/mol. The summed E-state index contributed by atoms with van der Waals surface area (Å²) in [5.41, 5.74) is 1.11. The molecule has 216 valence electrons. The quantitative estimate of drug-likeness (QED) is 0.148. The van der Waals surface area contributed by atoms with Gasteiger partial charge in [0.1, 0.15) is 11.5 Å². The number of carbonyl (C=O) groups excluding carboxylic acids is 4. The number of rotatable bonds is 8. The number of thioether (sulfide) groups is 1. The summed E-state index contributed by atoms with van der Waals surface area (Å²) in [7, 11) is 0. The largest absolute Gasteiger partial charge is 0.321 e. The summed E-state index contributed by atoms with van der Waals surface area (Å²) in [6.07, 6.45) is 1.29. The Kier molecular flexibility index (Phi) is 9.54. The number of amides is 4. The molecule has 0 radical (unpaired) electrons. The Balaban J connectivity index is 1.35. The van der Waals surface area contributed by atoms with Gasteiger partial charge in [-0.25, -0.2) is 9.29 Å². The summed E-state index contributed by atoms with van der Waals surface area (Å²) in [5, 5.41) is 4.70. The van der Waals surface area contributed by atoms with E-state index in [0.717, 1.165) is 4.47 Å². The van der Waals surface area contributed by atoms with Crippen LogP contribution >= 0.6 is 43.6 Å². The second-order valence-electron chi connectivity index (χ2n) is 9.35. The predicted octanol–water partition coefficient (Wildman–Crippen LogP) is 7.18. The van der Waals surface area contributed by atoms with Gasteiger partial charge in [0.2, 0.25) is 11.8 Å². The van der Waals surface area contributed by atoms with Crippen molar-refractivity contribution in [1.82, 2.24) is 5.32 Å². The molecule has 1 saturated heterocycles. The Labute approximate surface area is 267 Å². The van der Waals surface area contributed by atoms with Gasteiger partial charge in [-0.15, -0.1) is 11.8 Å². The van der Waals surface area contributed by atoms with E-state index < -0.39 is 22.9 Å². The Bertz CT molecular complexity index is 1730. The topological polar surface area (TPSA) is 95.6 Å². The molecule has 0 saturated carbocycles. The lowest BCUT2D eigenvalue weighted by atomic mass is 10.1. The molecule has 2 N–H and O–H groups in total. The highest BCUT2D eigenvalue weighted by molar-refractivity contribution is 9.10. The van der Waals surface area contributed by atoms with Gasteiger partial charge in [0.25, 0.3) is 11.8 Å². The van der Waals surface area contributed by atoms with E-state index in [0.29, 0.717) is 26.3 Å². The Morgan fingerprint density at radius 1 is 0.907 bits per heavy atom. The molecule has 1 aliphatic rings. The van der Waals surface area contributed by atoms with E-state index in [-0.39, 0.29) is 29.5 Å². The van der Waals surface area contributed by atoms with Crippen LogP contribution in [0.25, 0.3) is 6.08 Å². The summed E-state index contributed by atoms with van der Waals surface area (Å²) in [6, 6.07) is 26.4. The summed E-state index contributed by atoms with van der Waals surface area (Å²) >= 11 is 7.86. The van der Waals surface area contributed by atoms with Gasteiger partial charge in [-0.1, -0.05) is 62.2 Å². The average molecular weight is 723 g/mol. The zero-order chi connectivity index (χ0) is 30.5. The molecule has 0 bridgehead atoms. The van der Waals surface area contributed by atoms with Crippen molar-refractivity contribution in [1.29, 1.82) is 0 Å². The standard InChI is InChI=1S/C32H22Br2FN3O4S/c33-20-12-14-22(15-13-20)38-29(39)18-28(32(38)42)43-23-9-4-8-21(16-23)36-31(41)27(17-24-25(34)10-5-11-26(24)35)37-30(40)19-6-2-1-3-7-19/h1-17,28H,18H2,(H,36,41)(H,37,40). The molecule has 0 aliphatic carbocycles. The first-order valence-corrected chi connectivity index (χ1v) is 15.4. The summed E-state index contributed by atoms with van der Waals surface area (Å²) in [6.45, 7) is 0. The van der Waals surface area contributed by atoms with Crippen molar-refractivity contribution in [3.63, 3.8) is 0 Å². The highest BCUT2D eigenvalue weighted by Crippen LogP contribution is 2.35. The predicted molar refractivity (Wildman–Crippen MR) is 172 cm³/mol. The number of carbonyl (C=O) groups is 4. The molecule has 43 heavy (non-hydrogen) atoms. The maximum absolute atomic E-state index is 14.6. The van der Waals surface area contributed by atoms with Crippen molar-refractivity contribution in [3.05, 3.63) is 129 Å². The van der Waals surface area contributed by atoms with E-state index in [9.17, 15) is 23.6 Å². The summed E-state index contributed by atoms with van der Waals surface area (Å²) in [5.74, 6) is -2.43. The summed E-state index contributed by atoms with van der Waals surface area (Å²) < 4.78 is 15.9. The van der Waals surface area contributed by atoms with Crippen molar-refractivity contribution < 1.29 is 23.6 Å². The van der Waals surface area contributed by atoms with Gasteiger partial charge < -0.3 is 10.6 Å². The number of anilines is 2. The molecule has 1 heterocycles. The maximum atomic E-state index is 14.6. The van der Waals surface area contributed by atoms with Crippen molar-refractivity contribution >= 4 is 84.7 Å². The Hall–Kier alpha value is -4.06. The van der Waals surface area contributed by atoms with Gasteiger partial charge in [-0.05, 0) is 72.8 Å².